The molecule has 4 heterocycles. The third-order valence-electron chi connectivity index (χ3n) is 8.35. The summed E-state index contributed by atoms with van der Waals surface area (Å²) in [7, 11) is 1.87. The number of aromatic nitrogens is 7. The van der Waals surface area contributed by atoms with Gasteiger partial charge in [-0.3, -0.25) is 19.1 Å². The molecule has 2 N–H and O–H groups in total. The predicted octanol–water partition coefficient (Wildman–Crippen LogP) is 4.71. The van der Waals surface area contributed by atoms with Gasteiger partial charge in [0.15, 0.2) is 0 Å². The van der Waals surface area contributed by atoms with Crippen molar-refractivity contribution in [3.63, 3.8) is 0 Å². The third-order valence-corrected chi connectivity index (χ3v) is 8.35. The maximum absolute atomic E-state index is 13.7. The minimum absolute atomic E-state index is 0.0410. The molecule has 1 aliphatic rings. The lowest BCUT2D eigenvalue weighted by atomic mass is 9.90. The molecule has 250 valence electrons. The lowest BCUT2D eigenvalue weighted by molar-refractivity contribution is -0.144. The zero-order valence-electron chi connectivity index (χ0n) is 27.4. The summed E-state index contributed by atoms with van der Waals surface area (Å²) >= 11 is 0. The van der Waals surface area contributed by atoms with Gasteiger partial charge in [0.2, 0.25) is 5.95 Å². The highest BCUT2D eigenvalue weighted by Crippen LogP contribution is 2.30. The number of ether oxygens (including phenoxy) is 1. The second-order valence-electron chi connectivity index (χ2n) is 11.8. The number of aryl methyl sites for hydroxylation is 1. The Bertz CT molecular complexity index is 1920. The zero-order valence-corrected chi connectivity index (χ0v) is 27.4. The average molecular weight is 660 g/mol. The molecule has 1 fully saturated rings. The number of nitriles is 1. The summed E-state index contributed by atoms with van der Waals surface area (Å²) in [6.07, 6.45) is 13.2. The molecule has 1 saturated carbocycles. The summed E-state index contributed by atoms with van der Waals surface area (Å²) in [4.78, 5) is 41.2. The van der Waals surface area contributed by atoms with Gasteiger partial charge in [-0.25, -0.2) is 19.7 Å². The number of hydrogen-bond donors (Lipinski definition) is 2. The Balaban J connectivity index is 1.14. The Morgan fingerprint density at radius 2 is 1.76 bits per heavy atom. The third kappa shape index (κ3) is 8.07. The highest BCUT2D eigenvalue weighted by atomic mass is 16.5. The number of nitrogens with one attached hydrogen (secondary N) is 2. The Morgan fingerprint density at radius 1 is 0.959 bits per heavy atom. The number of rotatable bonds is 11. The van der Waals surface area contributed by atoms with Gasteiger partial charge in [-0.1, -0.05) is 30.3 Å². The molecule has 0 spiro atoms. The van der Waals surface area contributed by atoms with Gasteiger partial charge in [0, 0.05) is 61.0 Å². The van der Waals surface area contributed by atoms with Crippen molar-refractivity contribution in [1.29, 1.82) is 5.26 Å². The standard InChI is InChI=1S/C35H37N11O3/c1-3-49-32(47)23-45-22-28(20-41-45)33-26(15-36)18-38-34(43-33)42-29-10-12-30(13-11-29)46(35(48)39-16-24-7-5-4-6-8-24)31-14-9-25(17-37-31)27-19-40-44(2)21-27/h4-9,14,17-22,29-30H,3,10-13,16,23H2,1-2H3,(H,39,48)(H,38,42,43)/t29-,30-. The van der Waals surface area contributed by atoms with Crippen LogP contribution in [0.25, 0.3) is 22.4 Å². The maximum Gasteiger partial charge on any atom is 0.327 e. The van der Waals surface area contributed by atoms with Crippen LogP contribution in [0.4, 0.5) is 16.6 Å². The van der Waals surface area contributed by atoms with Crippen LogP contribution in [0.1, 0.15) is 43.7 Å². The van der Waals surface area contributed by atoms with Crippen molar-refractivity contribution in [3.8, 4) is 28.5 Å². The number of urea groups is 1. The van der Waals surface area contributed by atoms with Gasteiger partial charge in [-0.15, -0.1) is 0 Å². The normalized spacial score (nSPS) is 15.6. The molecule has 0 atom stereocenters. The first-order chi connectivity index (χ1) is 23.9. The van der Waals surface area contributed by atoms with Gasteiger partial charge < -0.3 is 15.4 Å². The van der Waals surface area contributed by atoms with E-state index in [9.17, 15) is 14.9 Å². The van der Waals surface area contributed by atoms with Gasteiger partial charge in [0.05, 0.1) is 36.5 Å². The van der Waals surface area contributed by atoms with E-state index in [0.29, 0.717) is 35.1 Å². The number of nitrogens with zero attached hydrogens (tertiary/aromatic N) is 9. The van der Waals surface area contributed by atoms with E-state index in [4.69, 9.17) is 9.72 Å². The quantitative estimate of drug-likeness (QED) is 0.189. The monoisotopic (exact) mass is 659 g/mol. The molecule has 1 aliphatic carbocycles. The fourth-order valence-electron chi connectivity index (χ4n) is 5.91. The maximum atomic E-state index is 13.7. The second-order valence-corrected chi connectivity index (χ2v) is 11.8. The molecule has 4 aromatic heterocycles. The minimum Gasteiger partial charge on any atom is -0.465 e. The molecular weight excluding hydrogens is 622 g/mol. The predicted molar refractivity (Wildman–Crippen MR) is 182 cm³/mol. The summed E-state index contributed by atoms with van der Waals surface area (Å²) in [6.45, 7) is 2.39. The van der Waals surface area contributed by atoms with Crippen molar-refractivity contribution in [3.05, 3.63) is 90.8 Å². The number of pyridine rings is 1. The fourth-order valence-corrected chi connectivity index (χ4v) is 5.91. The summed E-state index contributed by atoms with van der Waals surface area (Å²) in [5.74, 6) is 0.571. The minimum atomic E-state index is -0.400. The highest BCUT2D eigenvalue weighted by Gasteiger charge is 2.31. The van der Waals surface area contributed by atoms with E-state index in [-0.39, 0.29) is 31.3 Å². The molecule has 14 nitrogen and oxygen atoms in total. The van der Waals surface area contributed by atoms with E-state index in [0.717, 1.165) is 42.4 Å². The molecule has 0 saturated heterocycles. The van der Waals surface area contributed by atoms with Crippen LogP contribution >= 0.6 is 0 Å². The molecule has 49 heavy (non-hydrogen) atoms. The average Bonchev–Trinajstić information content (AvgIpc) is 3.78. The Kier molecular flexibility index (Phi) is 10.2. The summed E-state index contributed by atoms with van der Waals surface area (Å²) < 4.78 is 8.20. The number of anilines is 2. The molecule has 0 aliphatic heterocycles. The molecule has 14 heteroatoms. The first-order valence-corrected chi connectivity index (χ1v) is 16.2. The van der Waals surface area contributed by atoms with E-state index in [2.05, 4.69) is 36.9 Å². The van der Waals surface area contributed by atoms with Crippen molar-refractivity contribution in [2.24, 2.45) is 7.05 Å². The molecule has 0 radical (unpaired) electrons. The van der Waals surface area contributed by atoms with Crippen LogP contribution in [0, 0.1) is 11.3 Å². The van der Waals surface area contributed by atoms with Crippen LogP contribution in [-0.2, 0) is 29.7 Å². The second kappa shape index (κ2) is 15.2. The van der Waals surface area contributed by atoms with Crippen LogP contribution in [0.15, 0.2) is 79.6 Å². The number of hydrogen-bond acceptors (Lipinski definition) is 10. The fraction of sp³-hybridized carbons (Fsp3) is 0.314. The SMILES string of the molecule is CCOC(=O)Cn1cc(-c2nc(N[C@H]3CC[C@H](N(C(=O)NCc4ccccc4)c4ccc(-c5cnn(C)c5)cn4)CC3)ncc2C#N)cn1. The Hall–Kier alpha value is -6.10. The molecule has 5 aromatic rings. The number of esters is 1. The van der Waals surface area contributed by atoms with Crippen molar-refractivity contribution < 1.29 is 14.3 Å². The van der Waals surface area contributed by atoms with Crippen molar-refractivity contribution in [2.45, 2.75) is 57.8 Å². The van der Waals surface area contributed by atoms with E-state index in [1.54, 1.807) is 41.3 Å². The number of amides is 2. The van der Waals surface area contributed by atoms with E-state index < -0.39 is 5.97 Å². The van der Waals surface area contributed by atoms with E-state index in [1.165, 1.54) is 10.9 Å². The first-order valence-electron chi connectivity index (χ1n) is 16.2. The molecule has 2 amide bonds. The van der Waals surface area contributed by atoms with Crippen LogP contribution in [0.2, 0.25) is 0 Å². The molecule has 0 bridgehead atoms. The van der Waals surface area contributed by atoms with Gasteiger partial charge in [-0.2, -0.15) is 15.5 Å². The van der Waals surface area contributed by atoms with Crippen LogP contribution < -0.4 is 15.5 Å². The van der Waals surface area contributed by atoms with Gasteiger partial charge in [-0.05, 0) is 50.3 Å². The van der Waals surface area contributed by atoms with E-state index in [1.807, 2.05) is 55.7 Å². The van der Waals surface area contributed by atoms with Gasteiger partial charge in [0.1, 0.15) is 18.4 Å². The molecule has 1 aromatic carbocycles. The Morgan fingerprint density at radius 3 is 2.45 bits per heavy atom. The lowest BCUT2D eigenvalue weighted by Gasteiger charge is -2.36. The zero-order chi connectivity index (χ0) is 34.2. The van der Waals surface area contributed by atoms with Gasteiger partial charge >= 0.3 is 12.0 Å². The topological polar surface area (TPSA) is 169 Å². The lowest BCUT2D eigenvalue weighted by Crippen LogP contribution is -2.49. The highest BCUT2D eigenvalue weighted by molar-refractivity contribution is 5.91. The summed E-state index contributed by atoms with van der Waals surface area (Å²) in [5.41, 5.74) is 4.19. The van der Waals surface area contributed by atoms with E-state index >= 15 is 0 Å². The Labute approximate surface area is 283 Å². The van der Waals surface area contributed by atoms with Crippen LogP contribution in [0.3, 0.4) is 0 Å². The number of benzene rings is 1. The molecule has 6 rings (SSSR count). The van der Waals surface area contributed by atoms with Crippen molar-refractivity contribution >= 4 is 23.8 Å². The smallest absolute Gasteiger partial charge is 0.327 e. The summed E-state index contributed by atoms with van der Waals surface area (Å²) in [5, 5.41) is 24.7. The largest absolute Gasteiger partial charge is 0.465 e. The molecule has 0 unspecified atom stereocenters. The number of carbonyl (C=O) groups excluding carboxylic acids is 2. The summed E-state index contributed by atoms with van der Waals surface area (Å²) in [6, 6.07) is 15.6. The molecular formula is C35H37N11O3. The first kappa shape index (κ1) is 32.8. The van der Waals surface area contributed by atoms with Crippen molar-refractivity contribution in [2.75, 3.05) is 16.8 Å². The van der Waals surface area contributed by atoms with Gasteiger partial charge in [0.25, 0.3) is 0 Å². The van der Waals surface area contributed by atoms with Crippen LogP contribution in [0.5, 0.6) is 0 Å². The van der Waals surface area contributed by atoms with Crippen molar-refractivity contribution in [1.82, 2.24) is 39.8 Å². The van der Waals surface area contributed by atoms with Crippen LogP contribution in [-0.4, -0.2) is 65.2 Å². The number of carbonyl (C=O) groups is 2.